The van der Waals surface area contributed by atoms with Crippen LogP contribution in [-0.2, 0) is 6.42 Å². The minimum Gasteiger partial charge on any atom is -0.456 e. The van der Waals surface area contributed by atoms with Crippen LogP contribution in [0, 0.1) is 5.41 Å². The Balaban J connectivity index is 0.000000315. The molecule has 0 bridgehead atoms. The average molecular weight is 557 g/mol. The zero-order valence-electron chi connectivity index (χ0n) is 23.8. The largest absolute Gasteiger partial charge is 0.456 e. The molecule has 3 nitrogen and oxygen atoms in total. The molecule has 0 saturated carbocycles. The minimum absolute atomic E-state index is 0.121. The Morgan fingerprint density at radius 1 is 0.581 bits per heavy atom. The molecule has 0 spiro atoms. The van der Waals surface area contributed by atoms with E-state index in [1.165, 1.54) is 38.8 Å². The summed E-state index contributed by atoms with van der Waals surface area (Å²) in [5.74, 6) is 0.121. The Hall–Kier alpha value is -5.67. The minimum atomic E-state index is 0.121. The predicted molar refractivity (Wildman–Crippen MR) is 181 cm³/mol. The van der Waals surface area contributed by atoms with Crippen molar-refractivity contribution in [1.29, 1.82) is 5.41 Å². The molecule has 0 unspecified atom stereocenters. The number of amidine groups is 1. The van der Waals surface area contributed by atoms with Crippen LogP contribution in [-0.4, -0.2) is 5.84 Å². The molecule has 0 saturated heterocycles. The average Bonchev–Trinajstić information content (AvgIpc) is 3.45. The van der Waals surface area contributed by atoms with Crippen LogP contribution in [0.4, 0.5) is 0 Å². The predicted octanol–water partition coefficient (Wildman–Crippen LogP) is 10.1. The van der Waals surface area contributed by atoms with E-state index >= 15 is 0 Å². The van der Waals surface area contributed by atoms with E-state index in [-0.39, 0.29) is 5.84 Å². The lowest BCUT2D eigenvalue weighted by molar-refractivity contribution is 0.669. The van der Waals surface area contributed by atoms with Crippen LogP contribution in [0.15, 0.2) is 162 Å². The molecule has 7 rings (SSSR count). The second-order valence-corrected chi connectivity index (χ2v) is 10.3. The van der Waals surface area contributed by atoms with Crippen LogP contribution < -0.4 is 5.73 Å². The van der Waals surface area contributed by atoms with Crippen molar-refractivity contribution < 1.29 is 4.42 Å². The summed E-state index contributed by atoms with van der Waals surface area (Å²) >= 11 is 0. The van der Waals surface area contributed by atoms with Crippen LogP contribution in [0.2, 0.25) is 0 Å². The quantitative estimate of drug-likeness (QED) is 0.158. The van der Waals surface area contributed by atoms with Crippen molar-refractivity contribution in [3.8, 4) is 22.3 Å². The van der Waals surface area contributed by atoms with E-state index in [2.05, 4.69) is 127 Å². The molecule has 6 aromatic carbocycles. The van der Waals surface area contributed by atoms with Gasteiger partial charge in [-0.05, 0) is 58.0 Å². The molecule has 0 atom stereocenters. The van der Waals surface area contributed by atoms with Gasteiger partial charge in [0.1, 0.15) is 17.0 Å². The highest BCUT2D eigenvalue weighted by atomic mass is 16.3. The van der Waals surface area contributed by atoms with Gasteiger partial charge in [-0.25, -0.2) is 0 Å². The highest BCUT2D eigenvalue weighted by Crippen LogP contribution is 2.35. The van der Waals surface area contributed by atoms with Crippen LogP contribution in [0.25, 0.3) is 50.3 Å². The Bertz CT molecular complexity index is 1990. The Morgan fingerprint density at radius 2 is 1.16 bits per heavy atom. The summed E-state index contributed by atoms with van der Waals surface area (Å²) in [6.45, 7) is 0. The molecule has 1 heterocycles. The molecule has 0 aliphatic carbocycles. The van der Waals surface area contributed by atoms with Gasteiger partial charge in [0, 0.05) is 16.3 Å². The molecular formula is C40H32N2O. The number of nitrogens with two attached hydrogens (primary N) is 1. The lowest BCUT2D eigenvalue weighted by Gasteiger charge is -2.05. The molecular weight excluding hydrogens is 524 g/mol. The molecule has 0 fully saturated rings. The molecule has 7 aromatic rings. The zero-order valence-corrected chi connectivity index (χ0v) is 23.8. The molecule has 43 heavy (non-hydrogen) atoms. The van der Waals surface area contributed by atoms with Crippen molar-refractivity contribution in [3.63, 3.8) is 0 Å². The van der Waals surface area contributed by atoms with Gasteiger partial charge in [-0.3, -0.25) is 5.41 Å². The lowest BCUT2D eigenvalue weighted by Crippen LogP contribution is -2.10. The van der Waals surface area contributed by atoms with Crippen molar-refractivity contribution in [2.45, 2.75) is 6.42 Å². The van der Waals surface area contributed by atoms with Crippen molar-refractivity contribution in [2.75, 3.05) is 0 Å². The first-order valence-electron chi connectivity index (χ1n) is 14.4. The van der Waals surface area contributed by atoms with E-state index in [4.69, 9.17) is 15.6 Å². The summed E-state index contributed by atoms with van der Waals surface area (Å²) in [6, 6.07) is 51.8. The third-order valence-electron chi connectivity index (χ3n) is 7.43. The van der Waals surface area contributed by atoms with E-state index in [1.807, 2.05) is 36.4 Å². The molecule has 3 N–H and O–H groups in total. The van der Waals surface area contributed by atoms with E-state index in [1.54, 1.807) is 0 Å². The molecule has 3 heteroatoms. The number of benzene rings is 6. The molecule has 0 amide bonds. The topological polar surface area (TPSA) is 63.0 Å². The maximum atomic E-state index is 7.01. The van der Waals surface area contributed by atoms with Gasteiger partial charge in [-0.15, -0.1) is 0 Å². The fourth-order valence-electron chi connectivity index (χ4n) is 5.21. The highest BCUT2D eigenvalue weighted by Gasteiger charge is 2.11. The van der Waals surface area contributed by atoms with Crippen LogP contribution in [0.1, 0.15) is 16.7 Å². The lowest BCUT2D eigenvalue weighted by atomic mass is 9.98. The van der Waals surface area contributed by atoms with E-state index in [0.717, 1.165) is 28.5 Å². The van der Waals surface area contributed by atoms with Crippen LogP contribution in [0.5, 0.6) is 0 Å². The molecule has 1 aromatic heterocycles. The third-order valence-corrected chi connectivity index (χ3v) is 7.43. The Kier molecular flexibility index (Phi) is 8.24. The summed E-state index contributed by atoms with van der Waals surface area (Å²) in [5, 5.41) is 9.34. The Labute approximate surface area is 252 Å². The maximum Gasteiger partial charge on any atom is 0.136 e. The van der Waals surface area contributed by atoms with Crippen molar-refractivity contribution >= 4 is 33.9 Å². The van der Waals surface area contributed by atoms with Gasteiger partial charge in [0.05, 0.1) is 0 Å². The number of rotatable bonds is 6. The van der Waals surface area contributed by atoms with Gasteiger partial charge in [0.15, 0.2) is 0 Å². The number of hydrogen-bond donors (Lipinski definition) is 2. The van der Waals surface area contributed by atoms with Crippen molar-refractivity contribution in [2.24, 2.45) is 5.73 Å². The summed E-state index contributed by atoms with van der Waals surface area (Å²) in [4.78, 5) is 0. The smallest absolute Gasteiger partial charge is 0.136 e. The monoisotopic (exact) mass is 556 g/mol. The molecule has 0 aliphatic heterocycles. The normalized spacial score (nSPS) is 11.0. The molecule has 0 aliphatic rings. The van der Waals surface area contributed by atoms with E-state index in [9.17, 15) is 0 Å². The molecule has 208 valence electrons. The van der Waals surface area contributed by atoms with E-state index in [0.29, 0.717) is 0 Å². The second-order valence-electron chi connectivity index (χ2n) is 10.3. The molecule has 0 radical (unpaired) electrons. The highest BCUT2D eigenvalue weighted by molar-refractivity contribution is 6.10. The van der Waals surface area contributed by atoms with Gasteiger partial charge < -0.3 is 10.2 Å². The first-order chi connectivity index (χ1) is 21.2. The van der Waals surface area contributed by atoms with Crippen LogP contribution in [0.3, 0.4) is 0 Å². The standard InChI is InChI=1S/C33H24O.C7H8N2/c1-3-9-24(10-4-1)11-7-14-28-15-8-16-32-33(28)30-23-29(21-22-31(30)34-32)27-19-17-26(18-20-27)25-12-5-2-6-13-25;8-7(9)6-4-2-1-3-5-6/h1-10,12-23H,11H2;1-5H,(H3,8,9)/b14-7+;. The SMILES string of the molecule is C(=C\c1cccc2oc3ccc(-c4ccc(-c5ccccc5)cc4)cc3c12)/Cc1ccccc1.N=C(N)c1ccccc1. The summed E-state index contributed by atoms with van der Waals surface area (Å²) in [6.07, 6.45) is 5.35. The number of fused-ring (bicyclic) bond motifs is 3. The van der Waals surface area contributed by atoms with Gasteiger partial charge in [-0.1, -0.05) is 146 Å². The first-order valence-corrected chi connectivity index (χ1v) is 14.4. The number of hydrogen-bond acceptors (Lipinski definition) is 2. The fourth-order valence-corrected chi connectivity index (χ4v) is 5.21. The first kappa shape index (κ1) is 27.5. The van der Waals surface area contributed by atoms with Gasteiger partial charge in [0.2, 0.25) is 0 Å². The van der Waals surface area contributed by atoms with Gasteiger partial charge in [0.25, 0.3) is 0 Å². The van der Waals surface area contributed by atoms with E-state index < -0.39 is 0 Å². The number of allylic oxidation sites excluding steroid dienone is 1. The summed E-state index contributed by atoms with van der Waals surface area (Å²) < 4.78 is 6.19. The maximum absolute atomic E-state index is 7.01. The van der Waals surface area contributed by atoms with Gasteiger partial charge in [-0.2, -0.15) is 0 Å². The number of furan rings is 1. The summed E-state index contributed by atoms with van der Waals surface area (Å²) in [5.41, 5.74) is 15.2. The van der Waals surface area contributed by atoms with Crippen molar-refractivity contribution in [1.82, 2.24) is 0 Å². The van der Waals surface area contributed by atoms with Crippen LogP contribution >= 0.6 is 0 Å². The summed E-state index contributed by atoms with van der Waals surface area (Å²) in [7, 11) is 0. The third kappa shape index (κ3) is 6.47. The van der Waals surface area contributed by atoms with Gasteiger partial charge >= 0.3 is 0 Å². The van der Waals surface area contributed by atoms with Crippen molar-refractivity contribution in [3.05, 3.63) is 174 Å². The fraction of sp³-hybridized carbons (Fsp3) is 0.0250. The Morgan fingerprint density at radius 3 is 1.81 bits per heavy atom. The zero-order chi connectivity index (χ0) is 29.4. The number of nitrogen functional groups attached to an aromatic ring is 1. The second kappa shape index (κ2) is 12.9. The number of nitrogens with one attached hydrogen (secondary N) is 1.